The Labute approximate surface area is 81.4 Å². The average Bonchev–Trinajstić information content (AvgIpc) is 2.12. The van der Waals surface area contributed by atoms with Gasteiger partial charge in [0.1, 0.15) is 18.8 Å². The van der Waals surface area contributed by atoms with Crippen LogP contribution in [0.25, 0.3) is 0 Å². The lowest BCUT2D eigenvalue weighted by Gasteiger charge is -2.19. The highest BCUT2D eigenvalue weighted by Crippen LogP contribution is 1.99. The van der Waals surface area contributed by atoms with Gasteiger partial charge >= 0.3 is 0 Å². The summed E-state index contributed by atoms with van der Waals surface area (Å²) in [4.78, 5) is 10.6. The first-order valence-corrected chi connectivity index (χ1v) is 3.42. The second kappa shape index (κ2) is 7.19. The molecule has 80 valence electrons. The van der Waals surface area contributed by atoms with Crippen LogP contribution < -0.4 is 5.73 Å². The monoisotopic (exact) mass is 215 g/mol. The zero-order chi connectivity index (χ0) is 9.72. The topological polar surface area (TPSA) is 124 Å². The molecular formula is C6H14ClNO5. The number of aliphatic hydroxyl groups is 4. The molecule has 0 spiro atoms. The van der Waals surface area contributed by atoms with Crippen LogP contribution in [0, 0.1) is 0 Å². The summed E-state index contributed by atoms with van der Waals surface area (Å²) >= 11 is 0. The first kappa shape index (κ1) is 15.2. The molecule has 0 saturated heterocycles. The second-order valence-corrected chi connectivity index (χ2v) is 2.36. The summed E-state index contributed by atoms with van der Waals surface area (Å²) < 4.78 is 0. The molecule has 0 saturated carbocycles. The molecule has 0 heterocycles. The van der Waals surface area contributed by atoms with Gasteiger partial charge in [-0.05, 0) is 0 Å². The van der Waals surface area contributed by atoms with Crippen LogP contribution in [0.5, 0.6) is 0 Å². The van der Waals surface area contributed by atoms with Crippen molar-refractivity contribution >= 4 is 18.2 Å². The number of aliphatic hydroxyl groups excluding tert-OH is 4. The van der Waals surface area contributed by atoms with Gasteiger partial charge < -0.3 is 26.2 Å². The number of nitrogens with two attached hydrogens (primary N) is 1. The summed E-state index contributed by atoms with van der Waals surface area (Å²) in [6.45, 7) is -1.15. The van der Waals surface area contributed by atoms with E-state index in [4.69, 9.17) is 26.2 Å². The zero-order valence-electron chi connectivity index (χ0n) is 6.83. The predicted molar refractivity (Wildman–Crippen MR) is 46.4 cm³/mol. The van der Waals surface area contributed by atoms with Crippen molar-refractivity contribution in [3.63, 3.8) is 0 Å². The lowest BCUT2D eigenvalue weighted by molar-refractivity contribution is -0.140. The van der Waals surface area contributed by atoms with E-state index in [-0.39, 0.29) is 19.0 Å². The number of ketones is 1. The molecule has 0 unspecified atom stereocenters. The first-order valence-electron chi connectivity index (χ1n) is 3.42. The molecule has 13 heavy (non-hydrogen) atoms. The standard InChI is InChI=1S/C6H13NO5.ClH/c7-1-3(9)5(11)6(12)4(10)2-8;/h3,5-6,8-9,11-12H,1-2,7H2;1H/t3-,5+,6+;/m0./s1. The molecular weight excluding hydrogens is 202 g/mol. The van der Waals surface area contributed by atoms with Crippen LogP contribution in [0.2, 0.25) is 0 Å². The second-order valence-electron chi connectivity index (χ2n) is 2.36. The maximum absolute atomic E-state index is 10.6. The van der Waals surface area contributed by atoms with Gasteiger partial charge in [0.15, 0.2) is 5.78 Å². The Bertz CT molecular complexity index is 156. The van der Waals surface area contributed by atoms with Gasteiger partial charge in [-0.1, -0.05) is 0 Å². The Hall–Kier alpha value is -0.240. The van der Waals surface area contributed by atoms with Crippen LogP contribution in [0.1, 0.15) is 0 Å². The summed E-state index contributed by atoms with van der Waals surface area (Å²) in [6.07, 6.45) is -4.79. The van der Waals surface area contributed by atoms with Crippen molar-refractivity contribution in [3.8, 4) is 0 Å². The Morgan fingerprint density at radius 3 is 2.08 bits per heavy atom. The van der Waals surface area contributed by atoms with Crippen LogP contribution in [0.15, 0.2) is 0 Å². The maximum Gasteiger partial charge on any atom is 0.189 e. The number of halogens is 1. The molecule has 0 aromatic carbocycles. The molecule has 6 N–H and O–H groups in total. The predicted octanol–water partition coefficient (Wildman–Crippen LogP) is -2.99. The lowest BCUT2D eigenvalue weighted by Crippen LogP contribution is -2.46. The number of carbonyl (C=O) groups excluding carboxylic acids is 1. The molecule has 7 heteroatoms. The minimum absolute atomic E-state index is 0. The Morgan fingerprint density at radius 2 is 1.77 bits per heavy atom. The van der Waals surface area contributed by atoms with E-state index < -0.39 is 30.7 Å². The maximum atomic E-state index is 10.6. The van der Waals surface area contributed by atoms with Crippen molar-refractivity contribution in [1.29, 1.82) is 0 Å². The van der Waals surface area contributed by atoms with Gasteiger partial charge in [-0.2, -0.15) is 0 Å². The van der Waals surface area contributed by atoms with E-state index in [1.165, 1.54) is 0 Å². The van der Waals surface area contributed by atoms with Gasteiger partial charge in [-0.15, -0.1) is 12.4 Å². The minimum Gasteiger partial charge on any atom is -0.389 e. The largest absolute Gasteiger partial charge is 0.389 e. The van der Waals surface area contributed by atoms with Gasteiger partial charge in [0.2, 0.25) is 0 Å². The summed E-state index contributed by atoms with van der Waals surface area (Å²) in [6, 6.07) is 0. The van der Waals surface area contributed by atoms with Crippen molar-refractivity contribution in [2.24, 2.45) is 5.73 Å². The fourth-order valence-electron chi connectivity index (χ4n) is 0.634. The third-order valence-electron chi connectivity index (χ3n) is 1.44. The molecule has 6 nitrogen and oxygen atoms in total. The van der Waals surface area contributed by atoms with Gasteiger partial charge in [0, 0.05) is 6.54 Å². The fraction of sp³-hybridized carbons (Fsp3) is 0.833. The van der Waals surface area contributed by atoms with Gasteiger partial charge in [0.25, 0.3) is 0 Å². The molecule has 0 aromatic rings. The van der Waals surface area contributed by atoms with Gasteiger partial charge in [-0.25, -0.2) is 0 Å². The van der Waals surface area contributed by atoms with Gasteiger partial charge in [-0.3, -0.25) is 4.79 Å². The highest BCUT2D eigenvalue weighted by atomic mass is 35.5. The average molecular weight is 216 g/mol. The summed E-state index contributed by atoms with van der Waals surface area (Å²) in [5.41, 5.74) is 4.96. The van der Waals surface area contributed by atoms with Crippen molar-refractivity contribution in [1.82, 2.24) is 0 Å². The van der Waals surface area contributed by atoms with Crippen LogP contribution in [0.3, 0.4) is 0 Å². The number of rotatable bonds is 5. The number of Topliss-reactive ketones (excluding diaryl/α,β-unsaturated/α-hetero) is 1. The third kappa shape index (κ3) is 4.51. The highest BCUT2D eigenvalue weighted by Gasteiger charge is 2.28. The van der Waals surface area contributed by atoms with Crippen LogP contribution in [-0.2, 0) is 4.79 Å². The lowest BCUT2D eigenvalue weighted by atomic mass is 10.1. The van der Waals surface area contributed by atoms with Crippen LogP contribution in [0.4, 0.5) is 0 Å². The van der Waals surface area contributed by atoms with E-state index >= 15 is 0 Å². The van der Waals surface area contributed by atoms with Crippen molar-refractivity contribution in [2.75, 3.05) is 13.2 Å². The molecule has 0 aliphatic carbocycles. The first-order chi connectivity index (χ1) is 5.54. The smallest absolute Gasteiger partial charge is 0.189 e. The zero-order valence-corrected chi connectivity index (χ0v) is 7.65. The van der Waals surface area contributed by atoms with E-state index in [9.17, 15) is 4.79 Å². The van der Waals surface area contributed by atoms with E-state index in [2.05, 4.69) is 0 Å². The van der Waals surface area contributed by atoms with E-state index in [0.29, 0.717) is 0 Å². The summed E-state index contributed by atoms with van der Waals surface area (Å²) in [5, 5.41) is 35.0. The molecule has 0 aliphatic rings. The Morgan fingerprint density at radius 1 is 1.31 bits per heavy atom. The molecule has 0 amide bonds. The van der Waals surface area contributed by atoms with Crippen LogP contribution >= 0.6 is 12.4 Å². The Balaban J connectivity index is 0. The fourth-order valence-corrected chi connectivity index (χ4v) is 0.634. The van der Waals surface area contributed by atoms with Gasteiger partial charge in [0.05, 0.1) is 6.10 Å². The third-order valence-corrected chi connectivity index (χ3v) is 1.44. The molecule has 0 rings (SSSR count). The van der Waals surface area contributed by atoms with Crippen molar-refractivity contribution in [3.05, 3.63) is 0 Å². The van der Waals surface area contributed by atoms with Crippen molar-refractivity contribution < 1.29 is 25.2 Å². The van der Waals surface area contributed by atoms with E-state index in [0.717, 1.165) is 0 Å². The quantitative estimate of drug-likeness (QED) is 0.333. The molecule has 3 atom stereocenters. The molecule has 0 fully saturated rings. The normalized spacial score (nSPS) is 17.0. The van der Waals surface area contributed by atoms with E-state index in [1.807, 2.05) is 0 Å². The van der Waals surface area contributed by atoms with Crippen LogP contribution in [-0.4, -0.2) is 57.7 Å². The Kier molecular flexibility index (Phi) is 8.43. The minimum atomic E-state index is -1.78. The van der Waals surface area contributed by atoms with E-state index in [1.54, 1.807) is 0 Å². The number of hydrogen-bond donors (Lipinski definition) is 5. The molecule has 0 bridgehead atoms. The number of hydrogen-bond acceptors (Lipinski definition) is 6. The number of carbonyl (C=O) groups is 1. The SMILES string of the molecule is Cl.NC[C@H](O)[C@@H](O)[C@H](O)C(=O)CO. The van der Waals surface area contributed by atoms with Crippen molar-refractivity contribution in [2.45, 2.75) is 18.3 Å². The summed E-state index contributed by atoms with van der Waals surface area (Å²) in [5.74, 6) is -0.949. The molecule has 0 aromatic heterocycles. The highest BCUT2D eigenvalue weighted by molar-refractivity contribution is 5.85. The molecule has 0 radical (unpaired) electrons. The molecule has 0 aliphatic heterocycles. The summed E-state index contributed by atoms with van der Waals surface area (Å²) in [7, 11) is 0.